The monoisotopic (exact) mass is 317 g/mol. The molecule has 0 saturated carbocycles. The first-order valence-corrected chi connectivity index (χ1v) is 8.18. The fraction of sp³-hybridized carbons (Fsp3) is 0.231. The molecule has 0 spiro atoms. The van der Waals surface area contributed by atoms with Crippen molar-refractivity contribution in [3.05, 3.63) is 50.6 Å². The lowest BCUT2D eigenvalue weighted by Gasteiger charge is -2.04. The molecule has 1 nitrogen and oxygen atoms in total. The quantitative estimate of drug-likeness (QED) is 0.598. The Labute approximate surface area is 126 Å². The van der Waals surface area contributed by atoms with Crippen molar-refractivity contribution in [2.24, 2.45) is 0 Å². The SMILES string of the molecule is Clc1cc(Cl)cc(SCCNCc2cccs2)c1. The van der Waals surface area contributed by atoms with Crippen LogP contribution in [-0.2, 0) is 6.54 Å². The van der Waals surface area contributed by atoms with Gasteiger partial charge in [0, 0.05) is 38.7 Å². The molecule has 0 aliphatic carbocycles. The average Bonchev–Trinajstić information content (AvgIpc) is 2.80. The first kappa shape index (κ1) is 14.2. The molecule has 2 aromatic rings. The maximum Gasteiger partial charge on any atom is 0.0431 e. The van der Waals surface area contributed by atoms with Gasteiger partial charge in [-0.3, -0.25) is 0 Å². The average molecular weight is 318 g/mol. The Morgan fingerprint density at radius 3 is 2.61 bits per heavy atom. The van der Waals surface area contributed by atoms with Crippen LogP contribution in [0.3, 0.4) is 0 Å². The summed E-state index contributed by atoms with van der Waals surface area (Å²) in [5.41, 5.74) is 0. The van der Waals surface area contributed by atoms with Gasteiger partial charge < -0.3 is 5.32 Å². The molecule has 1 N–H and O–H groups in total. The summed E-state index contributed by atoms with van der Waals surface area (Å²) in [6, 6.07) is 9.85. The first-order chi connectivity index (χ1) is 8.74. The van der Waals surface area contributed by atoms with Gasteiger partial charge in [-0.2, -0.15) is 0 Å². The van der Waals surface area contributed by atoms with Gasteiger partial charge >= 0.3 is 0 Å². The van der Waals surface area contributed by atoms with Crippen LogP contribution < -0.4 is 5.32 Å². The van der Waals surface area contributed by atoms with E-state index in [0.29, 0.717) is 10.0 Å². The van der Waals surface area contributed by atoms with Crippen molar-refractivity contribution < 1.29 is 0 Å². The Morgan fingerprint density at radius 2 is 1.94 bits per heavy atom. The highest BCUT2D eigenvalue weighted by Crippen LogP contribution is 2.26. The van der Waals surface area contributed by atoms with E-state index in [9.17, 15) is 0 Å². The van der Waals surface area contributed by atoms with Crippen LogP contribution in [0, 0.1) is 0 Å². The standard InChI is InChI=1S/C13H13Cl2NS2/c14-10-6-11(15)8-13(7-10)18-5-3-16-9-12-2-1-4-17-12/h1-2,4,6-8,16H,3,5,9H2. The number of thioether (sulfide) groups is 1. The normalized spacial score (nSPS) is 10.8. The maximum atomic E-state index is 5.95. The van der Waals surface area contributed by atoms with E-state index in [4.69, 9.17) is 23.2 Å². The fourth-order valence-electron chi connectivity index (χ4n) is 1.48. The summed E-state index contributed by atoms with van der Waals surface area (Å²) in [6.45, 7) is 1.90. The third-order valence-corrected chi connectivity index (χ3v) is 4.55. The lowest BCUT2D eigenvalue weighted by Crippen LogP contribution is -2.15. The van der Waals surface area contributed by atoms with Gasteiger partial charge in [0.25, 0.3) is 0 Å². The summed E-state index contributed by atoms with van der Waals surface area (Å²) in [7, 11) is 0. The predicted molar refractivity (Wildman–Crippen MR) is 83.2 cm³/mol. The Hall–Kier alpha value is -0.190. The topological polar surface area (TPSA) is 12.0 Å². The molecule has 0 saturated heterocycles. The molecular formula is C13H13Cl2NS2. The number of hydrogen-bond acceptors (Lipinski definition) is 3. The van der Waals surface area contributed by atoms with Crippen LogP contribution >= 0.6 is 46.3 Å². The largest absolute Gasteiger partial charge is 0.311 e. The Kier molecular flexibility index (Phi) is 5.86. The molecule has 2 rings (SSSR count). The van der Waals surface area contributed by atoms with Gasteiger partial charge in [0.05, 0.1) is 0 Å². The van der Waals surface area contributed by atoms with Gasteiger partial charge in [-0.15, -0.1) is 23.1 Å². The van der Waals surface area contributed by atoms with Gasteiger partial charge in [-0.25, -0.2) is 0 Å². The second kappa shape index (κ2) is 7.41. The molecule has 0 aliphatic rings. The number of benzene rings is 1. The van der Waals surface area contributed by atoms with E-state index in [1.807, 2.05) is 12.1 Å². The molecule has 5 heteroatoms. The zero-order valence-electron chi connectivity index (χ0n) is 9.66. The summed E-state index contributed by atoms with van der Waals surface area (Å²) in [6.07, 6.45) is 0. The molecule has 0 aliphatic heterocycles. The van der Waals surface area contributed by atoms with Gasteiger partial charge in [-0.1, -0.05) is 29.3 Å². The summed E-state index contributed by atoms with van der Waals surface area (Å²) in [5.74, 6) is 1.00. The van der Waals surface area contributed by atoms with Crippen molar-refractivity contribution in [2.45, 2.75) is 11.4 Å². The highest BCUT2D eigenvalue weighted by Gasteiger charge is 1.99. The minimum absolute atomic E-state index is 0.691. The Bertz CT molecular complexity index is 465. The summed E-state index contributed by atoms with van der Waals surface area (Å²) in [4.78, 5) is 2.48. The lowest BCUT2D eigenvalue weighted by atomic mass is 10.4. The number of nitrogens with one attached hydrogen (secondary N) is 1. The van der Waals surface area contributed by atoms with E-state index < -0.39 is 0 Å². The van der Waals surface area contributed by atoms with Crippen molar-refractivity contribution >= 4 is 46.3 Å². The van der Waals surface area contributed by atoms with Crippen molar-refractivity contribution in [3.8, 4) is 0 Å². The third kappa shape index (κ3) is 4.82. The minimum atomic E-state index is 0.691. The smallest absolute Gasteiger partial charge is 0.0431 e. The van der Waals surface area contributed by atoms with Gasteiger partial charge in [-0.05, 0) is 29.6 Å². The number of thiophene rings is 1. The zero-order valence-corrected chi connectivity index (χ0v) is 12.8. The summed E-state index contributed by atoms with van der Waals surface area (Å²) < 4.78 is 0. The summed E-state index contributed by atoms with van der Waals surface area (Å²) in [5, 5.41) is 6.89. The van der Waals surface area contributed by atoms with Gasteiger partial charge in [0.1, 0.15) is 0 Å². The van der Waals surface area contributed by atoms with Crippen LogP contribution in [0.2, 0.25) is 10.0 Å². The van der Waals surface area contributed by atoms with Crippen LogP contribution in [0.15, 0.2) is 40.6 Å². The van der Waals surface area contributed by atoms with Crippen molar-refractivity contribution in [2.75, 3.05) is 12.3 Å². The van der Waals surface area contributed by atoms with Crippen LogP contribution in [0.25, 0.3) is 0 Å². The second-order valence-electron chi connectivity index (χ2n) is 3.71. The molecule has 1 aromatic heterocycles. The highest BCUT2D eigenvalue weighted by molar-refractivity contribution is 7.99. The van der Waals surface area contributed by atoms with Crippen LogP contribution in [0.1, 0.15) is 4.88 Å². The molecule has 18 heavy (non-hydrogen) atoms. The van der Waals surface area contributed by atoms with Crippen LogP contribution in [0.5, 0.6) is 0 Å². The molecule has 1 aromatic carbocycles. The van der Waals surface area contributed by atoms with Crippen molar-refractivity contribution in [3.63, 3.8) is 0 Å². The first-order valence-electron chi connectivity index (χ1n) is 5.56. The molecule has 0 amide bonds. The summed E-state index contributed by atoms with van der Waals surface area (Å²) >= 11 is 15.4. The molecule has 0 atom stereocenters. The number of rotatable bonds is 6. The van der Waals surface area contributed by atoms with Crippen molar-refractivity contribution in [1.82, 2.24) is 5.32 Å². The molecule has 0 fully saturated rings. The Morgan fingerprint density at radius 1 is 1.17 bits per heavy atom. The molecule has 1 heterocycles. The van der Waals surface area contributed by atoms with Gasteiger partial charge in [0.15, 0.2) is 0 Å². The van der Waals surface area contributed by atoms with E-state index in [1.165, 1.54) is 4.88 Å². The Balaban J connectivity index is 1.68. The van der Waals surface area contributed by atoms with Gasteiger partial charge in [0.2, 0.25) is 0 Å². The van der Waals surface area contributed by atoms with E-state index in [0.717, 1.165) is 23.7 Å². The van der Waals surface area contributed by atoms with E-state index in [-0.39, 0.29) is 0 Å². The maximum absolute atomic E-state index is 5.95. The highest BCUT2D eigenvalue weighted by atomic mass is 35.5. The zero-order chi connectivity index (χ0) is 12.8. The number of halogens is 2. The minimum Gasteiger partial charge on any atom is -0.311 e. The van der Waals surface area contributed by atoms with E-state index >= 15 is 0 Å². The molecule has 96 valence electrons. The van der Waals surface area contributed by atoms with E-state index in [1.54, 1.807) is 29.2 Å². The third-order valence-electron chi connectivity index (χ3n) is 2.26. The van der Waals surface area contributed by atoms with Crippen LogP contribution in [0.4, 0.5) is 0 Å². The predicted octanol–water partition coefficient (Wildman–Crippen LogP) is 4.94. The molecular weight excluding hydrogens is 305 g/mol. The second-order valence-corrected chi connectivity index (χ2v) is 6.78. The lowest BCUT2D eigenvalue weighted by molar-refractivity contribution is 0.741. The fourth-order valence-corrected chi connectivity index (χ4v) is 3.71. The molecule has 0 unspecified atom stereocenters. The van der Waals surface area contributed by atoms with E-state index in [2.05, 4.69) is 22.8 Å². The molecule has 0 radical (unpaired) electrons. The number of hydrogen-bond donors (Lipinski definition) is 1. The van der Waals surface area contributed by atoms with Crippen molar-refractivity contribution in [1.29, 1.82) is 0 Å². The van der Waals surface area contributed by atoms with Crippen LogP contribution in [-0.4, -0.2) is 12.3 Å². The molecule has 0 bridgehead atoms.